The van der Waals surface area contributed by atoms with Crippen LogP contribution in [0.5, 0.6) is 0 Å². The van der Waals surface area contributed by atoms with Crippen molar-refractivity contribution in [2.24, 2.45) is 11.8 Å². The molecule has 32 heavy (non-hydrogen) atoms. The molecule has 3 heterocycles. The van der Waals surface area contributed by atoms with Crippen LogP contribution in [0.3, 0.4) is 0 Å². The van der Waals surface area contributed by atoms with Crippen molar-refractivity contribution in [3.8, 4) is 22.6 Å². The highest BCUT2D eigenvalue weighted by Gasteiger charge is 2.42. The number of imidazole rings is 1. The van der Waals surface area contributed by atoms with Crippen LogP contribution in [0.25, 0.3) is 22.6 Å². The van der Waals surface area contributed by atoms with E-state index in [0.717, 1.165) is 6.08 Å². The number of pyridine rings is 1. The summed E-state index contributed by atoms with van der Waals surface area (Å²) < 4.78 is 80.5. The quantitative estimate of drug-likeness (QED) is 0.547. The predicted molar refractivity (Wildman–Crippen MR) is 102 cm³/mol. The molecule has 0 saturated carbocycles. The maximum Gasteiger partial charge on any atom is 0.437 e. The number of aromatic amines is 1. The van der Waals surface area contributed by atoms with Crippen LogP contribution in [0, 0.1) is 11.8 Å². The van der Waals surface area contributed by atoms with E-state index in [1.54, 1.807) is 16.8 Å². The first kappa shape index (κ1) is 21.8. The van der Waals surface area contributed by atoms with Gasteiger partial charge in [0.2, 0.25) is 0 Å². The Bertz CT molecular complexity index is 1140. The van der Waals surface area contributed by atoms with Gasteiger partial charge in [-0.25, -0.2) is 4.98 Å². The molecule has 0 bridgehead atoms. The highest BCUT2D eigenvalue weighted by Crippen LogP contribution is 2.38. The van der Waals surface area contributed by atoms with Crippen LogP contribution < -0.4 is 0 Å². The molecule has 0 radical (unpaired) electrons. The van der Waals surface area contributed by atoms with Gasteiger partial charge in [-0.2, -0.15) is 41.8 Å². The molecule has 12 heteroatoms. The van der Waals surface area contributed by atoms with Gasteiger partial charge in [0.15, 0.2) is 5.69 Å². The summed E-state index contributed by atoms with van der Waals surface area (Å²) in [6.07, 6.45) is 1.28. The number of H-pyrrole nitrogens is 1. The standard InChI is InChI=1S/C20H16F6N6/c21-19(22,23)14-4-2-1-3-12(14)6-8-32-10-16(28-11-32)15-9-13(5-7-27-15)17-18(20(24,25)26)30-31-29-17/h1-5,7,9-12,14H,6,8H2,(H,29,30,31). The van der Waals surface area contributed by atoms with Gasteiger partial charge in [-0.05, 0) is 24.5 Å². The lowest BCUT2D eigenvalue weighted by molar-refractivity contribution is -0.171. The van der Waals surface area contributed by atoms with Crippen LogP contribution in [0.1, 0.15) is 12.1 Å². The second-order valence-corrected chi connectivity index (χ2v) is 7.23. The summed E-state index contributed by atoms with van der Waals surface area (Å²) in [5.74, 6) is -2.24. The molecule has 0 fully saturated rings. The van der Waals surface area contributed by atoms with Crippen LogP contribution in [0.15, 0.2) is 55.2 Å². The van der Waals surface area contributed by atoms with Crippen molar-refractivity contribution in [3.63, 3.8) is 0 Å². The van der Waals surface area contributed by atoms with Crippen LogP contribution in [0.4, 0.5) is 26.3 Å². The molecular weight excluding hydrogens is 438 g/mol. The fraction of sp³-hybridized carbons (Fsp3) is 0.300. The first-order valence-electron chi connectivity index (χ1n) is 9.51. The van der Waals surface area contributed by atoms with Crippen LogP contribution in [-0.2, 0) is 12.7 Å². The van der Waals surface area contributed by atoms with E-state index in [2.05, 4.69) is 20.2 Å². The Kier molecular flexibility index (Phi) is 5.61. The van der Waals surface area contributed by atoms with Gasteiger partial charge in [-0.1, -0.05) is 24.3 Å². The van der Waals surface area contributed by atoms with Gasteiger partial charge in [0, 0.05) is 24.5 Å². The third-order valence-electron chi connectivity index (χ3n) is 5.09. The minimum atomic E-state index is -4.68. The van der Waals surface area contributed by atoms with E-state index in [4.69, 9.17) is 0 Å². The van der Waals surface area contributed by atoms with Crippen molar-refractivity contribution < 1.29 is 26.3 Å². The Morgan fingerprint density at radius 3 is 2.50 bits per heavy atom. The molecule has 168 valence electrons. The zero-order valence-electron chi connectivity index (χ0n) is 16.3. The van der Waals surface area contributed by atoms with Crippen LogP contribution in [0.2, 0.25) is 0 Å². The van der Waals surface area contributed by atoms with Crippen molar-refractivity contribution in [2.75, 3.05) is 0 Å². The molecule has 2 unspecified atom stereocenters. The first-order chi connectivity index (χ1) is 15.1. The van der Waals surface area contributed by atoms with Crippen molar-refractivity contribution >= 4 is 0 Å². The zero-order chi connectivity index (χ0) is 22.9. The summed E-state index contributed by atoms with van der Waals surface area (Å²) in [6.45, 7) is 0.281. The molecular formula is C20H16F6N6. The van der Waals surface area contributed by atoms with Crippen LogP contribution >= 0.6 is 0 Å². The summed E-state index contributed by atoms with van der Waals surface area (Å²) in [6, 6.07) is 2.77. The highest BCUT2D eigenvalue weighted by atomic mass is 19.4. The predicted octanol–water partition coefficient (Wildman–Crippen LogP) is 5.06. The Balaban J connectivity index is 1.50. The molecule has 0 amide bonds. The Morgan fingerprint density at radius 1 is 0.969 bits per heavy atom. The normalized spacial score (nSPS) is 18.9. The molecule has 6 nitrogen and oxygen atoms in total. The van der Waals surface area contributed by atoms with E-state index in [0.29, 0.717) is 11.4 Å². The second-order valence-electron chi connectivity index (χ2n) is 7.23. The lowest BCUT2D eigenvalue weighted by atomic mass is 9.85. The minimum absolute atomic E-state index is 0.151. The average Bonchev–Trinajstić information content (AvgIpc) is 3.42. The van der Waals surface area contributed by atoms with E-state index in [9.17, 15) is 26.3 Å². The zero-order valence-corrected chi connectivity index (χ0v) is 16.3. The van der Waals surface area contributed by atoms with E-state index in [-0.39, 0.29) is 24.2 Å². The van der Waals surface area contributed by atoms with Gasteiger partial charge in [0.25, 0.3) is 0 Å². The summed E-state index contributed by atoms with van der Waals surface area (Å²) in [5.41, 5.74) is -0.691. The van der Waals surface area contributed by atoms with Gasteiger partial charge in [-0.15, -0.1) is 0 Å². The number of alkyl halides is 6. The van der Waals surface area contributed by atoms with E-state index < -0.39 is 29.9 Å². The van der Waals surface area contributed by atoms with E-state index in [1.807, 2.05) is 5.21 Å². The maximum absolute atomic E-state index is 13.2. The van der Waals surface area contributed by atoms with Gasteiger partial charge >= 0.3 is 12.4 Å². The monoisotopic (exact) mass is 454 g/mol. The number of aromatic nitrogens is 6. The Morgan fingerprint density at radius 2 is 1.75 bits per heavy atom. The molecule has 3 aromatic rings. The summed E-state index contributed by atoms with van der Waals surface area (Å²) >= 11 is 0. The third-order valence-corrected chi connectivity index (χ3v) is 5.09. The molecule has 4 rings (SSSR count). The maximum atomic E-state index is 13.2. The fourth-order valence-electron chi connectivity index (χ4n) is 3.54. The SMILES string of the molecule is FC(F)(F)c1n[nH]nc1-c1ccnc(-c2cn(CCC3C=CC=CC3C(F)(F)F)cn2)c1. The number of hydrogen-bond acceptors (Lipinski definition) is 4. The number of aryl methyl sites for hydroxylation is 1. The number of hydrogen-bond donors (Lipinski definition) is 1. The molecule has 1 aliphatic carbocycles. The smallest absolute Gasteiger partial charge is 0.337 e. The highest BCUT2D eigenvalue weighted by molar-refractivity contribution is 5.67. The van der Waals surface area contributed by atoms with Crippen molar-refractivity contribution in [1.29, 1.82) is 0 Å². The molecule has 1 N–H and O–H groups in total. The lowest BCUT2D eigenvalue weighted by Crippen LogP contribution is -2.29. The fourth-order valence-corrected chi connectivity index (χ4v) is 3.54. The molecule has 1 aliphatic rings. The molecule has 0 spiro atoms. The molecule has 2 atom stereocenters. The number of allylic oxidation sites excluding steroid dienone is 4. The minimum Gasteiger partial charge on any atom is -0.337 e. The number of halogens is 6. The largest absolute Gasteiger partial charge is 0.437 e. The van der Waals surface area contributed by atoms with Crippen molar-refractivity contribution in [2.45, 2.75) is 25.3 Å². The average molecular weight is 454 g/mol. The van der Waals surface area contributed by atoms with E-state index >= 15 is 0 Å². The Hall–Kier alpha value is -3.44. The summed E-state index contributed by atoms with van der Waals surface area (Å²) in [5, 5.41) is 8.74. The van der Waals surface area contributed by atoms with Gasteiger partial charge in [0.1, 0.15) is 11.4 Å². The van der Waals surface area contributed by atoms with Gasteiger partial charge in [-0.3, -0.25) is 4.98 Å². The molecule has 0 saturated heterocycles. The van der Waals surface area contributed by atoms with Crippen LogP contribution in [-0.4, -0.2) is 36.1 Å². The lowest BCUT2D eigenvalue weighted by Gasteiger charge is -2.26. The van der Waals surface area contributed by atoms with Gasteiger partial charge < -0.3 is 4.57 Å². The number of nitrogens with zero attached hydrogens (tertiary/aromatic N) is 5. The van der Waals surface area contributed by atoms with Crippen molar-refractivity contribution in [1.82, 2.24) is 29.9 Å². The second kappa shape index (κ2) is 8.24. The molecule has 3 aromatic heterocycles. The molecule has 0 aromatic carbocycles. The molecule has 0 aliphatic heterocycles. The summed E-state index contributed by atoms with van der Waals surface area (Å²) in [7, 11) is 0. The number of nitrogens with one attached hydrogen (secondary N) is 1. The van der Waals surface area contributed by atoms with E-state index in [1.165, 1.54) is 36.8 Å². The number of rotatable bonds is 5. The summed E-state index contributed by atoms with van der Waals surface area (Å²) in [4.78, 5) is 8.33. The van der Waals surface area contributed by atoms with Gasteiger partial charge in [0.05, 0.1) is 17.9 Å². The Labute approximate surface area is 177 Å². The van der Waals surface area contributed by atoms with Crippen molar-refractivity contribution in [3.05, 3.63) is 60.9 Å². The topological polar surface area (TPSA) is 72.3 Å². The third kappa shape index (κ3) is 4.58. The first-order valence-corrected chi connectivity index (χ1v) is 9.51.